The van der Waals surface area contributed by atoms with Crippen molar-refractivity contribution in [2.75, 3.05) is 13.7 Å². The summed E-state index contributed by atoms with van der Waals surface area (Å²) in [6.07, 6.45) is -1.30. The molecule has 0 unspecified atom stereocenters. The van der Waals surface area contributed by atoms with Crippen molar-refractivity contribution in [3.8, 4) is 0 Å². The summed E-state index contributed by atoms with van der Waals surface area (Å²) >= 11 is 0. The average Bonchev–Trinajstić information content (AvgIpc) is 2.63. The SMILES string of the molecule is COC(=O)CCNC(=O)[C@H](CCC(=O)O)NC(=O)OCc1ccccc1. The minimum Gasteiger partial charge on any atom is -0.481 e. The van der Waals surface area contributed by atoms with Crippen molar-refractivity contribution in [1.82, 2.24) is 10.6 Å². The summed E-state index contributed by atoms with van der Waals surface area (Å²) in [5, 5.41) is 13.6. The maximum atomic E-state index is 12.1. The second-order valence-corrected chi connectivity index (χ2v) is 5.31. The summed E-state index contributed by atoms with van der Waals surface area (Å²) in [4.78, 5) is 45.7. The Morgan fingerprint density at radius 3 is 2.42 bits per heavy atom. The van der Waals surface area contributed by atoms with Crippen LogP contribution in [0.25, 0.3) is 0 Å². The predicted octanol–water partition coefficient (Wildman–Crippen LogP) is 0.826. The monoisotopic (exact) mass is 366 g/mol. The van der Waals surface area contributed by atoms with Gasteiger partial charge in [0.25, 0.3) is 0 Å². The number of hydrogen-bond acceptors (Lipinski definition) is 6. The Labute approximate surface area is 150 Å². The third kappa shape index (κ3) is 8.67. The number of carbonyl (C=O) groups is 4. The first-order valence-corrected chi connectivity index (χ1v) is 7.96. The molecule has 1 rings (SSSR count). The van der Waals surface area contributed by atoms with Crippen molar-refractivity contribution in [2.24, 2.45) is 0 Å². The van der Waals surface area contributed by atoms with E-state index in [9.17, 15) is 19.2 Å². The molecule has 142 valence electrons. The minimum atomic E-state index is -1.10. The fourth-order valence-corrected chi connectivity index (χ4v) is 1.96. The van der Waals surface area contributed by atoms with Crippen molar-refractivity contribution in [3.63, 3.8) is 0 Å². The molecule has 0 saturated heterocycles. The van der Waals surface area contributed by atoms with E-state index in [-0.39, 0.29) is 32.4 Å². The van der Waals surface area contributed by atoms with Gasteiger partial charge >= 0.3 is 18.0 Å². The topological polar surface area (TPSA) is 131 Å². The first-order chi connectivity index (χ1) is 12.4. The van der Waals surface area contributed by atoms with E-state index in [2.05, 4.69) is 15.4 Å². The van der Waals surface area contributed by atoms with E-state index in [1.807, 2.05) is 6.07 Å². The molecule has 0 aliphatic rings. The third-order valence-electron chi connectivity index (χ3n) is 3.32. The lowest BCUT2D eigenvalue weighted by molar-refractivity contribution is -0.140. The van der Waals surface area contributed by atoms with E-state index < -0.39 is 30.0 Å². The van der Waals surface area contributed by atoms with Gasteiger partial charge < -0.3 is 25.2 Å². The van der Waals surface area contributed by atoms with Crippen LogP contribution in [0.15, 0.2) is 30.3 Å². The number of alkyl carbamates (subject to hydrolysis) is 1. The number of benzene rings is 1. The van der Waals surface area contributed by atoms with Gasteiger partial charge in [0.05, 0.1) is 13.5 Å². The molecule has 0 spiro atoms. The molecule has 0 saturated carbocycles. The number of carboxylic acid groups (broad SMARTS) is 1. The molecule has 9 heteroatoms. The van der Waals surface area contributed by atoms with Crippen molar-refractivity contribution in [3.05, 3.63) is 35.9 Å². The summed E-state index contributed by atoms with van der Waals surface area (Å²) in [5.41, 5.74) is 0.771. The van der Waals surface area contributed by atoms with Crippen LogP contribution in [0.3, 0.4) is 0 Å². The molecule has 2 amide bonds. The lowest BCUT2D eigenvalue weighted by Crippen LogP contribution is -2.47. The molecule has 1 atom stereocenters. The van der Waals surface area contributed by atoms with Crippen molar-refractivity contribution in [2.45, 2.75) is 31.9 Å². The fraction of sp³-hybridized carbons (Fsp3) is 0.412. The average molecular weight is 366 g/mol. The lowest BCUT2D eigenvalue weighted by Gasteiger charge is -2.17. The zero-order valence-corrected chi connectivity index (χ0v) is 14.4. The van der Waals surface area contributed by atoms with E-state index in [1.165, 1.54) is 7.11 Å². The number of amides is 2. The molecule has 0 fully saturated rings. The second-order valence-electron chi connectivity index (χ2n) is 5.31. The Hall–Kier alpha value is -3.10. The van der Waals surface area contributed by atoms with Crippen LogP contribution in [0.2, 0.25) is 0 Å². The quantitative estimate of drug-likeness (QED) is 0.523. The van der Waals surface area contributed by atoms with Crippen LogP contribution in [-0.4, -0.2) is 48.7 Å². The Kier molecular flexibility index (Phi) is 9.23. The van der Waals surface area contributed by atoms with E-state index in [0.29, 0.717) is 0 Å². The molecular formula is C17H22N2O7. The molecule has 0 aliphatic carbocycles. The Balaban J connectivity index is 2.52. The third-order valence-corrected chi connectivity index (χ3v) is 3.32. The Morgan fingerprint density at radius 1 is 1.12 bits per heavy atom. The highest BCUT2D eigenvalue weighted by atomic mass is 16.5. The van der Waals surface area contributed by atoms with Crippen LogP contribution < -0.4 is 10.6 Å². The van der Waals surface area contributed by atoms with E-state index in [1.54, 1.807) is 24.3 Å². The highest BCUT2D eigenvalue weighted by molar-refractivity contribution is 5.86. The normalized spacial score (nSPS) is 11.1. The largest absolute Gasteiger partial charge is 0.481 e. The van der Waals surface area contributed by atoms with Crippen LogP contribution in [0.1, 0.15) is 24.8 Å². The number of esters is 1. The number of nitrogens with one attached hydrogen (secondary N) is 2. The molecule has 0 radical (unpaired) electrons. The number of ether oxygens (including phenoxy) is 2. The molecule has 0 aliphatic heterocycles. The molecule has 9 nitrogen and oxygen atoms in total. The number of aliphatic carboxylic acids is 1. The zero-order valence-electron chi connectivity index (χ0n) is 14.4. The van der Waals surface area contributed by atoms with E-state index in [4.69, 9.17) is 9.84 Å². The number of carbonyl (C=O) groups excluding carboxylic acids is 3. The van der Waals surface area contributed by atoms with Crippen molar-refractivity contribution < 1.29 is 33.8 Å². The fourth-order valence-electron chi connectivity index (χ4n) is 1.96. The first-order valence-electron chi connectivity index (χ1n) is 7.96. The maximum absolute atomic E-state index is 12.1. The van der Waals surface area contributed by atoms with Crippen molar-refractivity contribution in [1.29, 1.82) is 0 Å². The first kappa shape index (κ1) is 20.9. The lowest BCUT2D eigenvalue weighted by atomic mass is 10.1. The summed E-state index contributed by atoms with van der Waals surface area (Å²) in [5.74, 6) is -2.20. The van der Waals surface area contributed by atoms with Crippen LogP contribution in [-0.2, 0) is 30.5 Å². The molecular weight excluding hydrogens is 344 g/mol. The summed E-state index contributed by atoms with van der Waals surface area (Å²) < 4.78 is 9.48. The predicted molar refractivity (Wildman–Crippen MR) is 90.1 cm³/mol. The number of carboxylic acids is 1. The Morgan fingerprint density at radius 2 is 1.81 bits per heavy atom. The molecule has 1 aromatic carbocycles. The van der Waals surface area contributed by atoms with Crippen LogP contribution in [0, 0.1) is 0 Å². The molecule has 1 aromatic rings. The minimum absolute atomic E-state index is 0.00974. The molecule has 0 aromatic heterocycles. The standard InChI is InChI=1S/C17H22N2O7/c1-25-15(22)9-10-18-16(23)13(7-8-14(20)21)19-17(24)26-11-12-5-3-2-4-6-12/h2-6,13H,7-11H2,1H3,(H,18,23)(H,19,24)(H,20,21)/t13-/m0/s1. The summed E-state index contributed by atoms with van der Waals surface area (Å²) in [6.45, 7) is 0.0259. The van der Waals surface area contributed by atoms with Gasteiger partial charge in [-0.05, 0) is 12.0 Å². The van der Waals surface area contributed by atoms with Gasteiger partial charge in [0.15, 0.2) is 0 Å². The summed E-state index contributed by atoms with van der Waals surface area (Å²) in [7, 11) is 1.23. The second kappa shape index (κ2) is 11.5. The van der Waals surface area contributed by atoms with Gasteiger partial charge in [-0.2, -0.15) is 0 Å². The highest BCUT2D eigenvalue weighted by Crippen LogP contribution is 2.03. The van der Waals surface area contributed by atoms with Gasteiger partial charge in [0.1, 0.15) is 12.6 Å². The smallest absolute Gasteiger partial charge is 0.408 e. The van der Waals surface area contributed by atoms with Gasteiger partial charge in [0, 0.05) is 13.0 Å². The maximum Gasteiger partial charge on any atom is 0.408 e. The number of hydrogen-bond donors (Lipinski definition) is 3. The summed E-state index contributed by atoms with van der Waals surface area (Å²) in [6, 6.07) is 7.86. The molecule has 26 heavy (non-hydrogen) atoms. The van der Waals surface area contributed by atoms with Crippen LogP contribution in [0.5, 0.6) is 0 Å². The molecule has 0 bridgehead atoms. The van der Waals surface area contributed by atoms with Gasteiger partial charge in [-0.25, -0.2) is 4.79 Å². The van der Waals surface area contributed by atoms with Crippen LogP contribution in [0.4, 0.5) is 4.79 Å². The number of methoxy groups -OCH3 is 1. The Bertz CT molecular complexity index is 619. The van der Waals surface area contributed by atoms with Crippen molar-refractivity contribution >= 4 is 23.9 Å². The van der Waals surface area contributed by atoms with E-state index in [0.717, 1.165) is 5.56 Å². The number of rotatable bonds is 10. The van der Waals surface area contributed by atoms with Gasteiger partial charge in [0.2, 0.25) is 5.91 Å². The van der Waals surface area contributed by atoms with Gasteiger partial charge in [-0.3, -0.25) is 14.4 Å². The van der Waals surface area contributed by atoms with Gasteiger partial charge in [-0.15, -0.1) is 0 Å². The molecule has 0 heterocycles. The zero-order chi connectivity index (χ0) is 19.4. The van der Waals surface area contributed by atoms with Crippen LogP contribution >= 0.6 is 0 Å². The van der Waals surface area contributed by atoms with Gasteiger partial charge in [-0.1, -0.05) is 30.3 Å². The molecule has 3 N–H and O–H groups in total. The van der Waals surface area contributed by atoms with E-state index >= 15 is 0 Å². The highest BCUT2D eigenvalue weighted by Gasteiger charge is 2.22.